The quantitative estimate of drug-likeness (QED) is 0.814. The molecule has 1 N–H and O–H groups in total. The molecule has 1 aromatic carbocycles. The Morgan fingerprint density at radius 1 is 1.35 bits per heavy atom. The zero-order valence-electron chi connectivity index (χ0n) is 12.4. The molecule has 3 rings (SSSR count). The monoisotopic (exact) mass is 342 g/mol. The van der Waals surface area contributed by atoms with E-state index in [4.69, 9.17) is 11.6 Å². The molecule has 1 aromatic heterocycles. The molecule has 5 heteroatoms. The second-order valence-corrected chi connectivity index (χ2v) is 6.95. The van der Waals surface area contributed by atoms with Crippen molar-refractivity contribution in [3.05, 3.63) is 56.9 Å². The number of hydrogen-bond acceptors (Lipinski definition) is 3. The summed E-state index contributed by atoms with van der Waals surface area (Å²) in [6.45, 7) is 0. The van der Waals surface area contributed by atoms with Gasteiger partial charge in [0.25, 0.3) is 0 Å². The van der Waals surface area contributed by atoms with Crippen molar-refractivity contribution in [2.75, 3.05) is 5.32 Å². The van der Waals surface area contributed by atoms with Crippen molar-refractivity contribution >= 4 is 39.9 Å². The predicted molar refractivity (Wildman–Crippen MR) is 94.8 cm³/mol. The number of amides is 1. The highest BCUT2D eigenvalue weighted by atomic mass is 35.5. The van der Waals surface area contributed by atoms with Gasteiger partial charge in [-0.3, -0.25) is 4.79 Å². The molecule has 0 atom stereocenters. The summed E-state index contributed by atoms with van der Waals surface area (Å²) in [6, 6.07) is 9.53. The van der Waals surface area contributed by atoms with Crippen molar-refractivity contribution in [3.8, 4) is 6.07 Å². The zero-order valence-corrected chi connectivity index (χ0v) is 14.0. The molecule has 1 amide bonds. The van der Waals surface area contributed by atoms with Gasteiger partial charge in [0, 0.05) is 16.0 Å². The summed E-state index contributed by atoms with van der Waals surface area (Å²) in [6.07, 6.45) is 7.37. The summed E-state index contributed by atoms with van der Waals surface area (Å²) in [7, 11) is 0. The highest BCUT2D eigenvalue weighted by Crippen LogP contribution is 2.37. The number of anilines is 1. The molecule has 2 aromatic rings. The smallest absolute Gasteiger partial charge is 0.249 e. The Bertz CT molecular complexity index is 817. The molecule has 116 valence electrons. The molecular weight excluding hydrogens is 328 g/mol. The van der Waals surface area contributed by atoms with E-state index in [2.05, 4.69) is 11.4 Å². The largest absolute Gasteiger partial charge is 0.313 e. The summed E-state index contributed by atoms with van der Waals surface area (Å²) in [5.41, 5.74) is 2.62. The Morgan fingerprint density at radius 3 is 2.96 bits per heavy atom. The third-order valence-electron chi connectivity index (χ3n) is 3.80. The van der Waals surface area contributed by atoms with Gasteiger partial charge in [-0.25, -0.2) is 0 Å². The number of thiophene rings is 1. The molecule has 1 heterocycles. The molecule has 0 saturated heterocycles. The lowest BCUT2D eigenvalue weighted by atomic mass is 9.96. The number of fused-ring (bicyclic) bond motifs is 1. The van der Waals surface area contributed by atoms with Crippen LogP contribution in [0.5, 0.6) is 0 Å². The highest BCUT2D eigenvalue weighted by Gasteiger charge is 2.21. The van der Waals surface area contributed by atoms with Gasteiger partial charge in [0.2, 0.25) is 5.91 Å². The van der Waals surface area contributed by atoms with Crippen LogP contribution in [0.25, 0.3) is 6.08 Å². The lowest BCUT2D eigenvalue weighted by Gasteiger charge is -2.09. The van der Waals surface area contributed by atoms with E-state index in [1.165, 1.54) is 22.3 Å². The minimum absolute atomic E-state index is 0.236. The van der Waals surface area contributed by atoms with Gasteiger partial charge in [-0.15, -0.1) is 11.3 Å². The molecule has 0 unspecified atom stereocenters. The van der Waals surface area contributed by atoms with Crippen LogP contribution in [0.15, 0.2) is 30.3 Å². The van der Waals surface area contributed by atoms with Crippen LogP contribution >= 0.6 is 22.9 Å². The average Bonchev–Trinajstić information content (AvgIpc) is 2.90. The fourth-order valence-corrected chi connectivity index (χ4v) is 4.15. The fourth-order valence-electron chi connectivity index (χ4n) is 2.71. The highest BCUT2D eigenvalue weighted by molar-refractivity contribution is 7.16. The Kier molecular flexibility index (Phi) is 4.80. The number of rotatable bonds is 3. The summed E-state index contributed by atoms with van der Waals surface area (Å²) >= 11 is 7.45. The Morgan fingerprint density at radius 2 is 2.17 bits per heavy atom. The van der Waals surface area contributed by atoms with Crippen LogP contribution in [-0.4, -0.2) is 5.91 Å². The Hall–Kier alpha value is -2.09. The number of nitrogens with zero attached hydrogens (tertiary/aromatic N) is 1. The number of carbonyl (C=O) groups excluding carboxylic acids is 1. The molecule has 0 saturated carbocycles. The van der Waals surface area contributed by atoms with Crippen LogP contribution in [0.3, 0.4) is 0 Å². The number of hydrogen-bond donors (Lipinski definition) is 1. The van der Waals surface area contributed by atoms with E-state index in [0.29, 0.717) is 15.6 Å². The zero-order chi connectivity index (χ0) is 16.2. The van der Waals surface area contributed by atoms with Crippen molar-refractivity contribution in [2.45, 2.75) is 25.7 Å². The number of aryl methyl sites for hydroxylation is 1. The summed E-state index contributed by atoms with van der Waals surface area (Å²) in [5, 5.41) is 13.5. The van der Waals surface area contributed by atoms with Gasteiger partial charge in [-0.05, 0) is 55.0 Å². The first-order valence-corrected chi connectivity index (χ1v) is 8.66. The van der Waals surface area contributed by atoms with Crippen molar-refractivity contribution in [3.63, 3.8) is 0 Å². The van der Waals surface area contributed by atoms with Gasteiger partial charge in [0.05, 0.1) is 5.56 Å². The third kappa shape index (κ3) is 3.64. The number of nitrogens with one attached hydrogen (secondary N) is 1. The van der Waals surface area contributed by atoms with E-state index >= 15 is 0 Å². The number of nitriles is 1. The standard InChI is InChI=1S/C18H15ClN2OS/c19-13-5-3-4-12(10-13)8-9-17(22)21-18-15(11-20)14-6-1-2-7-16(14)23-18/h3-5,8-10H,1-2,6-7H2,(H,21,22). The topological polar surface area (TPSA) is 52.9 Å². The average molecular weight is 343 g/mol. The predicted octanol–water partition coefficient (Wildman–Crippen LogP) is 4.80. The first-order chi connectivity index (χ1) is 11.2. The minimum atomic E-state index is -0.236. The van der Waals surface area contributed by atoms with Crippen LogP contribution in [0.2, 0.25) is 5.02 Å². The molecule has 0 fully saturated rings. The van der Waals surface area contributed by atoms with Gasteiger partial charge < -0.3 is 5.32 Å². The van der Waals surface area contributed by atoms with Crippen molar-refractivity contribution in [1.82, 2.24) is 0 Å². The van der Waals surface area contributed by atoms with Gasteiger partial charge in [0.15, 0.2) is 0 Å². The van der Waals surface area contributed by atoms with E-state index in [0.717, 1.165) is 36.8 Å². The SMILES string of the molecule is N#Cc1c(NC(=O)C=Cc2cccc(Cl)c2)sc2c1CCCC2. The lowest BCUT2D eigenvalue weighted by molar-refractivity contribution is -0.111. The van der Waals surface area contributed by atoms with Crippen LogP contribution < -0.4 is 5.32 Å². The first kappa shape index (κ1) is 15.8. The second kappa shape index (κ2) is 6.99. The molecule has 0 bridgehead atoms. The van der Waals surface area contributed by atoms with Gasteiger partial charge in [-0.1, -0.05) is 23.7 Å². The van der Waals surface area contributed by atoms with Crippen LogP contribution in [0.4, 0.5) is 5.00 Å². The number of halogens is 1. The van der Waals surface area contributed by atoms with Gasteiger partial charge in [-0.2, -0.15) is 5.26 Å². The summed E-state index contributed by atoms with van der Waals surface area (Å²) in [5.74, 6) is -0.236. The van der Waals surface area contributed by atoms with Crippen molar-refractivity contribution in [2.24, 2.45) is 0 Å². The molecule has 23 heavy (non-hydrogen) atoms. The van der Waals surface area contributed by atoms with E-state index in [9.17, 15) is 10.1 Å². The fraction of sp³-hybridized carbons (Fsp3) is 0.222. The Balaban J connectivity index is 1.76. The maximum absolute atomic E-state index is 12.1. The maximum Gasteiger partial charge on any atom is 0.249 e. The number of benzene rings is 1. The van der Waals surface area contributed by atoms with Crippen LogP contribution in [0.1, 0.15) is 34.4 Å². The molecule has 0 aliphatic heterocycles. The third-order valence-corrected chi connectivity index (χ3v) is 5.24. The molecule has 0 spiro atoms. The van der Waals surface area contributed by atoms with E-state index in [1.54, 1.807) is 18.2 Å². The van der Waals surface area contributed by atoms with Crippen LogP contribution in [-0.2, 0) is 17.6 Å². The first-order valence-electron chi connectivity index (χ1n) is 7.46. The molecule has 3 nitrogen and oxygen atoms in total. The van der Waals surface area contributed by atoms with Crippen LogP contribution in [0, 0.1) is 11.3 Å². The van der Waals surface area contributed by atoms with Gasteiger partial charge in [0.1, 0.15) is 11.1 Å². The summed E-state index contributed by atoms with van der Waals surface area (Å²) < 4.78 is 0. The van der Waals surface area contributed by atoms with Crippen molar-refractivity contribution in [1.29, 1.82) is 5.26 Å². The Labute approximate surface area is 144 Å². The molecule has 1 aliphatic carbocycles. The molecular formula is C18H15ClN2OS. The van der Waals surface area contributed by atoms with E-state index < -0.39 is 0 Å². The lowest BCUT2D eigenvalue weighted by Crippen LogP contribution is -2.07. The van der Waals surface area contributed by atoms with E-state index in [1.807, 2.05) is 12.1 Å². The van der Waals surface area contributed by atoms with E-state index in [-0.39, 0.29) is 5.91 Å². The number of carbonyl (C=O) groups is 1. The maximum atomic E-state index is 12.1. The normalized spacial score (nSPS) is 13.6. The minimum Gasteiger partial charge on any atom is -0.313 e. The summed E-state index contributed by atoms with van der Waals surface area (Å²) in [4.78, 5) is 13.4. The molecule has 0 radical (unpaired) electrons. The second-order valence-electron chi connectivity index (χ2n) is 5.40. The van der Waals surface area contributed by atoms with Crippen molar-refractivity contribution < 1.29 is 4.79 Å². The van der Waals surface area contributed by atoms with Gasteiger partial charge >= 0.3 is 0 Å². The molecule has 1 aliphatic rings.